The molecule has 10 nitrogen and oxygen atoms in total. The van der Waals surface area contributed by atoms with Crippen LogP contribution in [-0.2, 0) is 16.6 Å². The van der Waals surface area contributed by atoms with Crippen molar-refractivity contribution in [2.45, 2.75) is 16.3 Å². The number of hydrogen-bond donors (Lipinski definition) is 2. The summed E-state index contributed by atoms with van der Waals surface area (Å²) in [5, 5.41) is 17.8. The monoisotopic (exact) mass is 487 g/mol. The summed E-state index contributed by atoms with van der Waals surface area (Å²) in [6, 6.07) is 17.2. The van der Waals surface area contributed by atoms with E-state index in [4.69, 9.17) is 9.88 Å². The Morgan fingerprint density at radius 2 is 1.64 bits per heavy atom. The molecule has 170 valence electrons. The summed E-state index contributed by atoms with van der Waals surface area (Å²) in [4.78, 5) is 35.4. The van der Waals surface area contributed by atoms with Gasteiger partial charge in [-0.15, -0.1) is 0 Å². The number of amides is 1. The Kier molecular flexibility index (Phi) is 7.43. The lowest BCUT2D eigenvalue weighted by Crippen LogP contribution is -2.23. The van der Waals surface area contributed by atoms with Crippen molar-refractivity contribution in [1.82, 2.24) is 5.32 Å². The van der Waals surface area contributed by atoms with Gasteiger partial charge in [0.15, 0.2) is 0 Å². The standard InChI is InChI=1S/C21H17N3O7S2/c22-33(29,30)17-11-5-14(6-12-17)13-23-20(25)18-3-1-2-4-19(18)32-21(26)31-16-9-7-15(8-10-16)24(27)28/h1-12H,13H2,(H,23,25)(H2,22,29,30). The Morgan fingerprint density at radius 1 is 1.00 bits per heavy atom. The summed E-state index contributed by atoms with van der Waals surface area (Å²) in [6.45, 7) is 0.121. The topological polar surface area (TPSA) is 159 Å². The largest absolute Gasteiger partial charge is 0.418 e. The molecule has 3 N–H and O–H groups in total. The van der Waals surface area contributed by atoms with Crippen molar-refractivity contribution in [3.05, 3.63) is 94.0 Å². The molecule has 1 amide bonds. The molecule has 3 aromatic carbocycles. The molecule has 0 aromatic heterocycles. The molecule has 0 spiro atoms. The molecule has 0 saturated heterocycles. The van der Waals surface area contributed by atoms with Crippen LogP contribution >= 0.6 is 11.8 Å². The number of non-ortho nitro benzene ring substituents is 1. The van der Waals surface area contributed by atoms with Crippen LogP contribution in [-0.4, -0.2) is 24.5 Å². The molecule has 33 heavy (non-hydrogen) atoms. The number of nitro groups is 1. The van der Waals surface area contributed by atoms with Gasteiger partial charge in [-0.1, -0.05) is 24.3 Å². The van der Waals surface area contributed by atoms with E-state index in [1.54, 1.807) is 24.3 Å². The zero-order chi connectivity index (χ0) is 24.0. The van der Waals surface area contributed by atoms with E-state index in [-0.39, 0.29) is 28.4 Å². The van der Waals surface area contributed by atoms with E-state index >= 15 is 0 Å². The van der Waals surface area contributed by atoms with Gasteiger partial charge in [0, 0.05) is 23.6 Å². The average Bonchev–Trinajstić information content (AvgIpc) is 2.78. The number of nitrogens with one attached hydrogen (secondary N) is 1. The van der Waals surface area contributed by atoms with Crippen molar-refractivity contribution in [2.24, 2.45) is 5.14 Å². The first-order valence-corrected chi connectivity index (χ1v) is 11.6. The number of ether oxygens (including phenoxy) is 1. The van der Waals surface area contributed by atoms with Gasteiger partial charge >= 0.3 is 5.30 Å². The molecule has 0 fully saturated rings. The number of hydrogen-bond acceptors (Lipinski definition) is 8. The van der Waals surface area contributed by atoms with Crippen molar-refractivity contribution in [3.8, 4) is 5.75 Å². The van der Waals surface area contributed by atoms with Gasteiger partial charge in [-0.25, -0.2) is 18.4 Å². The lowest BCUT2D eigenvalue weighted by atomic mass is 10.2. The molecule has 0 heterocycles. The maximum atomic E-state index is 12.6. The smallest absolute Gasteiger partial charge is 0.377 e. The molecule has 3 aromatic rings. The highest BCUT2D eigenvalue weighted by molar-refractivity contribution is 8.13. The molecule has 0 saturated carbocycles. The number of carbonyl (C=O) groups excluding carboxylic acids is 2. The molecule has 12 heteroatoms. The van der Waals surface area contributed by atoms with Gasteiger partial charge in [0.25, 0.3) is 11.6 Å². The van der Waals surface area contributed by atoms with E-state index < -0.39 is 26.2 Å². The van der Waals surface area contributed by atoms with Crippen LogP contribution in [0.1, 0.15) is 15.9 Å². The van der Waals surface area contributed by atoms with Crippen LogP contribution in [0.2, 0.25) is 0 Å². The van der Waals surface area contributed by atoms with Crippen molar-refractivity contribution in [3.63, 3.8) is 0 Å². The molecular weight excluding hydrogens is 470 g/mol. The van der Waals surface area contributed by atoms with E-state index in [0.29, 0.717) is 22.2 Å². The van der Waals surface area contributed by atoms with Crippen LogP contribution in [0.4, 0.5) is 10.5 Å². The second-order valence-corrected chi connectivity index (χ2v) is 9.11. The van der Waals surface area contributed by atoms with Gasteiger partial charge in [0.05, 0.1) is 15.4 Å². The normalized spacial score (nSPS) is 10.9. The van der Waals surface area contributed by atoms with Gasteiger partial charge < -0.3 is 10.1 Å². The zero-order valence-electron chi connectivity index (χ0n) is 16.8. The van der Waals surface area contributed by atoms with E-state index in [0.717, 1.165) is 0 Å². The molecular formula is C21H17N3O7S2. The van der Waals surface area contributed by atoms with E-state index in [1.165, 1.54) is 48.5 Å². The molecule has 0 aliphatic rings. The van der Waals surface area contributed by atoms with Crippen LogP contribution in [0, 0.1) is 10.1 Å². The van der Waals surface area contributed by atoms with Crippen LogP contribution in [0.25, 0.3) is 0 Å². The number of carbonyl (C=O) groups is 2. The summed E-state index contributed by atoms with van der Waals surface area (Å²) in [5.74, 6) is -0.320. The molecule has 0 unspecified atom stereocenters. The Labute approximate surface area is 193 Å². The molecule has 0 bridgehead atoms. The first-order chi connectivity index (χ1) is 15.6. The number of nitrogens with two attached hydrogens (primary N) is 1. The fourth-order valence-electron chi connectivity index (χ4n) is 2.66. The highest BCUT2D eigenvalue weighted by Crippen LogP contribution is 2.26. The Balaban J connectivity index is 1.63. The zero-order valence-corrected chi connectivity index (χ0v) is 18.5. The van der Waals surface area contributed by atoms with Gasteiger partial charge in [-0.05, 0) is 53.7 Å². The minimum atomic E-state index is -3.80. The maximum absolute atomic E-state index is 12.6. The predicted molar refractivity (Wildman–Crippen MR) is 120 cm³/mol. The van der Waals surface area contributed by atoms with Crippen LogP contribution in [0.5, 0.6) is 5.75 Å². The minimum absolute atomic E-state index is 0.0362. The SMILES string of the molecule is NS(=O)(=O)c1ccc(CNC(=O)c2ccccc2SC(=O)Oc2ccc([N+](=O)[O-])cc2)cc1. The second-order valence-electron chi connectivity index (χ2n) is 6.57. The van der Waals surface area contributed by atoms with Gasteiger partial charge in [-0.3, -0.25) is 14.9 Å². The van der Waals surface area contributed by atoms with Crippen LogP contribution in [0.15, 0.2) is 82.6 Å². The van der Waals surface area contributed by atoms with Crippen molar-refractivity contribution >= 4 is 38.7 Å². The first kappa shape index (κ1) is 23.9. The van der Waals surface area contributed by atoms with Crippen molar-refractivity contribution in [1.29, 1.82) is 0 Å². The van der Waals surface area contributed by atoms with Gasteiger partial charge in [0.1, 0.15) is 5.75 Å². The average molecular weight is 488 g/mol. The van der Waals surface area contributed by atoms with Crippen LogP contribution in [0.3, 0.4) is 0 Å². The summed E-state index contributed by atoms with van der Waals surface area (Å²) < 4.78 is 27.8. The lowest BCUT2D eigenvalue weighted by Gasteiger charge is -2.10. The second kappa shape index (κ2) is 10.3. The summed E-state index contributed by atoms with van der Waals surface area (Å²) in [5.41, 5.74) is 0.756. The molecule has 0 aliphatic carbocycles. The lowest BCUT2D eigenvalue weighted by molar-refractivity contribution is -0.384. The first-order valence-electron chi connectivity index (χ1n) is 9.26. The number of sulfonamides is 1. The van der Waals surface area contributed by atoms with Crippen molar-refractivity contribution in [2.75, 3.05) is 0 Å². The van der Waals surface area contributed by atoms with Crippen LogP contribution < -0.4 is 15.2 Å². The minimum Gasteiger partial charge on any atom is -0.418 e. The van der Waals surface area contributed by atoms with Gasteiger partial charge in [0.2, 0.25) is 10.0 Å². The fraction of sp³-hybridized carbons (Fsp3) is 0.0476. The molecule has 3 rings (SSSR count). The predicted octanol–water partition coefficient (Wildman–Crippen LogP) is 3.46. The van der Waals surface area contributed by atoms with Gasteiger partial charge in [-0.2, -0.15) is 0 Å². The summed E-state index contributed by atoms with van der Waals surface area (Å²) in [7, 11) is -3.80. The van der Waals surface area contributed by atoms with Crippen molar-refractivity contribution < 1.29 is 27.7 Å². The highest BCUT2D eigenvalue weighted by Gasteiger charge is 2.16. The summed E-state index contributed by atoms with van der Waals surface area (Å²) >= 11 is 0.694. The maximum Gasteiger partial charge on any atom is 0.377 e. The molecule has 0 atom stereocenters. The molecule has 0 aliphatic heterocycles. The number of thioether (sulfide) groups is 1. The third-order valence-corrected chi connectivity index (χ3v) is 6.03. The number of nitro benzene ring substituents is 1. The number of nitrogens with zero attached hydrogens (tertiary/aromatic N) is 1. The summed E-state index contributed by atoms with van der Waals surface area (Å²) in [6.07, 6.45) is 0. The molecule has 0 radical (unpaired) electrons. The Bertz CT molecular complexity index is 1290. The number of rotatable bonds is 7. The van der Waals surface area contributed by atoms with E-state index in [1.807, 2.05) is 0 Å². The van der Waals surface area contributed by atoms with E-state index in [9.17, 15) is 28.1 Å². The Morgan fingerprint density at radius 3 is 2.24 bits per heavy atom. The third kappa shape index (κ3) is 6.62. The third-order valence-electron chi connectivity index (χ3n) is 4.28. The van der Waals surface area contributed by atoms with E-state index in [2.05, 4.69) is 5.32 Å². The number of primary sulfonamides is 1. The Hall–Kier alpha value is -3.74. The highest BCUT2D eigenvalue weighted by atomic mass is 32.2. The number of benzene rings is 3. The fourth-order valence-corrected chi connectivity index (χ4v) is 3.91. The quantitative estimate of drug-likeness (QED) is 0.222.